The van der Waals surface area contributed by atoms with Crippen LogP contribution in [0.15, 0.2) is 30.3 Å². The van der Waals surface area contributed by atoms with Crippen molar-refractivity contribution in [1.82, 2.24) is 0 Å². The van der Waals surface area contributed by atoms with Gasteiger partial charge in [0.1, 0.15) is 0 Å². The van der Waals surface area contributed by atoms with Gasteiger partial charge in [-0.3, -0.25) is 0 Å². The van der Waals surface area contributed by atoms with Crippen molar-refractivity contribution in [2.75, 3.05) is 25.1 Å². The van der Waals surface area contributed by atoms with Crippen LogP contribution in [0.4, 0.5) is 0 Å². The Bertz CT molecular complexity index is 637. The van der Waals surface area contributed by atoms with Crippen LogP contribution in [-0.2, 0) is 13.8 Å². The molecule has 0 amide bonds. The molecule has 0 fully saturated rings. The van der Waals surface area contributed by atoms with Crippen molar-refractivity contribution in [2.45, 2.75) is 130 Å². The summed E-state index contributed by atoms with van der Waals surface area (Å²) in [4.78, 5) is 9.44. The van der Waals surface area contributed by atoms with Crippen LogP contribution in [0.25, 0.3) is 0 Å². The van der Waals surface area contributed by atoms with Gasteiger partial charge in [0.15, 0.2) is 0 Å². The third-order valence-electron chi connectivity index (χ3n) is 7.83. The van der Waals surface area contributed by atoms with E-state index in [0.717, 1.165) is 31.3 Å². The molecule has 0 aliphatic rings. The first-order valence-electron chi connectivity index (χ1n) is 15.1. The van der Waals surface area contributed by atoms with Crippen LogP contribution in [0, 0.1) is 0 Å². The van der Waals surface area contributed by atoms with E-state index in [1.807, 2.05) is 6.07 Å². The topological polar surface area (TPSA) is 55.8 Å². The molecular weight excluding hydrogens is 486 g/mol. The Kier molecular flexibility index (Phi) is 21.3. The molecule has 0 aliphatic carbocycles. The van der Waals surface area contributed by atoms with Crippen LogP contribution in [-0.4, -0.2) is 36.3 Å². The summed E-state index contributed by atoms with van der Waals surface area (Å²) in [5.41, 5.74) is 0. The van der Waals surface area contributed by atoms with Gasteiger partial charge in [0.25, 0.3) is 0 Å². The molecule has 2 unspecified atom stereocenters. The predicted molar refractivity (Wildman–Crippen MR) is 162 cm³/mol. The molecule has 1 aromatic carbocycles. The normalized spacial score (nSPS) is 14.1. The van der Waals surface area contributed by atoms with Crippen molar-refractivity contribution in [2.24, 2.45) is 0 Å². The molecule has 36 heavy (non-hydrogen) atoms. The molecule has 4 nitrogen and oxygen atoms in total. The second-order valence-corrected chi connectivity index (χ2v) is 16.3. The van der Waals surface area contributed by atoms with Crippen molar-refractivity contribution in [3.63, 3.8) is 0 Å². The standard InChI is InChI=1S/C30H58O4P2/c1-4-7-8-9-10-11-12-13-14-15-16-17-18-19-20-24-27-33-30(34-35(31)32)28-36(5-2,6-3)29-25-22-21-23-26-29/h21-23,25-26,30,35-36H,4-20,24,27-28H2,1-3H3,(H,31,32). The zero-order chi connectivity index (χ0) is 26.3. The Labute approximate surface area is 224 Å². The van der Waals surface area contributed by atoms with Gasteiger partial charge in [-0.15, -0.1) is 0 Å². The molecule has 6 heteroatoms. The fourth-order valence-electron chi connectivity index (χ4n) is 5.29. The first kappa shape index (κ1) is 33.8. The Morgan fingerprint density at radius 3 is 1.58 bits per heavy atom. The average molecular weight is 545 g/mol. The monoisotopic (exact) mass is 544 g/mol. The second-order valence-electron chi connectivity index (χ2n) is 10.5. The number of hydrogen-bond acceptors (Lipinski definition) is 3. The molecule has 0 saturated heterocycles. The molecule has 1 aromatic rings. The molecule has 212 valence electrons. The Morgan fingerprint density at radius 2 is 1.17 bits per heavy atom. The number of benzene rings is 1. The van der Waals surface area contributed by atoms with Gasteiger partial charge in [0.2, 0.25) is 0 Å². The summed E-state index contributed by atoms with van der Waals surface area (Å²) in [5.74, 6) is 0. The number of ether oxygens (including phenoxy) is 1. The van der Waals surface area contributed by atoms with E-state index in [2.05, 4.69) is 45.0 Å². The van der Waals surface area contributed by atoms with Gasteiger partial charge in [0.05, 0.1) is 0 Å². The van der Waals surface area contributed by atoms with Gasteiger partial charge in [0, 0.05) is 0 Å². The van der Waals surface area contributed by atoms with E-state index in [1.165, 1.54) is 95.2 Å². The fraction of sp³-hybridized carbons (Fsp3) is 0.800. The van der Waals surface area contributed by atoms with Crippen molar-refractivity contribution in [3.05, 3.63) is 30.3 Å². The van der Waals surface area contributed by atoms with E-state index in [1.54, 1.807) is 0 Å². The van der Waals surface area contributed by atoms with Gasteiger partial charge in [-0.05, 0) is 0 Å². The first-order valence-corrected chi connectivity index (χ1v) is 19.0. The summed E-state index contributed by atoms with van der Waals surface area (Å²) in [6.45, 7) is 7.35. The minimum atomic E-state index is -3.03. The molecule has 0 saturated carbocycles. The molecule has 0 bridgehead atoms. The zero-order valence-electron chi connectivity index (χ0n) is 23.8. The van der Waals surface area contributed by atoms with E-state index >= 15 is 0 Å². The second kappa shape index (κ2) is 22.7. The quantitative estimate of drug-likeness (QED) is 0.0758. The van der Waals surface area contributed by atoms with Gasteiger partial charge < -0.3 is 0 Å². The van der Waals surface area contributed by atoms with Gasteiger partial charge >= 0.3 is 166 Å². The van der Waals surface area contributed by atoms with Crippen LogP contribution in [0.2, 0.25) is 0 Å². The van der Waals surface area contributed by atoms with Crippen LogP contribution in [0.1, 0.15) is 124 Å². The summed E-state index contributed by atoms with van der Waals surface area (Å²) in [7, 11) is -4.87. The molecule has 0 aromatic heterocycles. The Morgan fingerprint density at radius 1 is 0.722 bits per heavy atom. The molecule has 1 rings (SSSR count). The number of rotatable bonds is 25. The summed E-state index contributed by atoms with van der Waals surface area (Å²) in [5, 5.41) is 1.38. The van der Waals surface area contributed by atoms with Gasteiger partial charge in [-0.25, -0.2) is 0 Å². The van der Waals surface area contributed by atoms with E-state index in [0.29, 0.717) is 6.61 Å². The molecule has 0 radical (unpaired) electrons. The maximum atomic E-state index is 11.5. The Balaban J connectivity index is 2.15. The van der Waals surface area contributed by atoms with Gasteiger partial charge in [-0.1, -0.05) is 58.3 Å². The van der Waals surface area contributed by atoms with Crippen molar-refractivity contribution < 1.29 is 18.7 Å². The molecule has 0 heterocycles. The van der Waals surface area contributed by atoms with Crippen LogP contribution in [0.5, 0.6) is 0 Å². The third-order valence-corrected chi connectivity index (χ3v) is 13.7. The average Bonchev–Trinajstić information content (AvgIpc) is 2.89. The summed E-state index contributed by atoms with van der Waals surface area (Å²) < 4.78 is 22.9. The van der Waals surface area contributed by atoms with Crippen LogP contribution >= 0.6 is 15.5 Å². The maximum absolute atomic E-state index is 11.5. The summed E-state index contributed by atoms with van der Waals surface area (Å²) in [6, 6.07) is 10.6. The van der Waals surface area contributed by atoms with E-state index < -0.39 is 21.8 Å². The third kappa shape index (κ3) is 15.9. The molecular formula is C30H58O4P2. The first-order chi connectivity index (χ1) is 17.6. The van der Waals surface area contributed by atoms with E-state index in [-0.39, 0.29) is 0 Å². The van der Waals surface area contributed by atoms with E-state index in [4.69, 9.17) is 9.26 Å². The fourth-order valence-corrected chi connectivity index (χ4v) is 9.70. The SMILES string of the molecule is CCCCCCCCCCCCCCCCCCOC(C[PH](CC)(CC)c1ccccc1)O[PH](=O)O. The van der Waals surface area contributed by atoms with E-state index in [9.17, 15) is 9.46 Å². The minimum absolute atomic E-state index is 0.579. The predicted octanol–water partition coefficient (Wildman–Crippen LogP) is 9.10. The molecule has 1 N–H and O–H groups in total. The van der Waals surface area contributed by atoms with Crippen molar-refractivity contribution >= 4 is 20.8 Å². The molecule has 2 atom stereocenters. The Hall–Kier alpha value is -0.240. The molecule has 0 spiro atoms. The molecule has 0 aliphatic heterocycles. The van der Waals surface area contributed by atoms with Gasteiger partial charge in [-0.2, -0.15) is 0 Å². The summed E-state index contributed by atoms with van der Waals surface area (Å²) >= 11 is 0. The number of unbranched alkanes of at least 4 members (excludes halogenated alkanes) is 15. The zero-order valence-corrected chi connectivity index (χ0v) is 25.8. The van der Waals surface area contributed by atoms with Crippen LogP contribution in [0.3, 0.4) is 0 Å². The van der Waals surface area contributed by atoms with Crippen molar-refractivity contribution in [3.8, 4) is 0 Å². The van der Waals surface area contributed by atoms with Crippen LogP contribution < -0.4 is 5.30 Å². The van der Waals surface area contributed by atoms with Crippen molar-refractivity contribution in [1.29, 1.82) is 0 Å². The summed E-state index contributed by atoms with van der Waals surface area (Å²) in [6.07, 6.45) is 23.8. The number of hydrogen-bond donors (Lipinski definition) is 1.